The molecule has 2 aromatic carbocycles. The molecule has 0 saturated heterocycles. The number of benzene rings is 2. The van der Waals surface area contributed by atoms with Crippen LogP contribution in [0.4, 0.5) is 0 Å². The van der Waals surface area contributed by atoms with Crippen molar-refractivity contribution >= 4 is 28.0 Å². The van der Waals surface area contributed by atoms with Gasteiger partial charge in [0.2, 0.25) is 11.5 Å². The van der Waals surface area contributed by atoms with Gasteiger partial charge in [0, 0.05) is 11.4 Å². The molecule has 3 unspecified atom stereocenters. The Balaban J connectivity index is 1.30. The van der Waals surface area contributed by atoms with E-state index in [0.717, 1.165) is 11.8 Å². The molecule has 1 aliphatic carbocycles. The van der Waals surface area contributed by atoms with Gasteiger partial charge in [-0.2, -0.15) is 0 Å². The highest BCUT2D eigenvalue weighted by Gasteiger charge is 2.42. The quantitative estimate of drug-likeness (QED) is 0.569. The van der Waals surface area contributed by atoms with Crippen LogP contribution in [0.2, 0.25) is 0 Å². The lowest BCUT2D eigenvalue weighted by atomic mass is 10.1. The molecular weight excluding hydrogens is 366 g/mol. The number of rotatable bonds is 5. The number of furan rings is 1. The maximum atomic E-state index is 12.8. The van der Waals surface area contributed by atoms with Crippen LogP contribution in [0.25, 0.3) is 22.1 Å². The molecule has 146 valence electrons. The summed E-state index contributed by atoms with van der Waals surface area (Å²) in [7, 11) is 0. The topological polar surface area (TPSA) is 77.1 Å². The minimum atomic E-state index is -0.345. The summed E-state index contributed by atoms with van der Waals surface area (Å²) >= 11 is 0. The molecule has 6 heteroatoms. The molecule has 6 nitrogen and oxygen atoms in total. The predicted octanol–water partition coefficient (Wildman–Crippen LogP) is 3.45. The zero-order valence-electron chi connectivity index (χ0n) is 16.0. The molecular formula is C23H21N3O3. The van der Waals surface area contributed by atoms with Crippen molar-refractivity contribution in [3.05, 3.63) is 76.8 Å². The van der Waals surface area contributed by atoms with Gasteiger partial charge in [0.25, 0.3) is 5.56 Å². The van der Waals surface area contributed by atoms with Crippen LogP contribution in [-0.2, 0) is 11.3 Å². The largest absolute Gasteiger partial charge is 0.448 e. The fourth-order valence-corrected chi connectivity index (χ4v) is 4.14. The number of aromatic nitrogens is 2. The monoisotopic (exact) mass is 387 g/mol. The van der Waals surface area contributed by atoms with E-state index in [2.05, 4.69) is 22.4 Å². The van der Waals surface area contributed by atoms with E-state index in [1.165, 1.54) is 16.5 Å². The lowest BCUT2D eigenvalue weighted by Gasteiger charge is -2.14. The van der Waals surface area contributed by atoms with Gasteiger partial charge in [0.05, 0.1) is 6.33 Å². The van der Waals surface area contributed by atoms with E-state index in [4.69, 9.17) is 4.42 Å². The Hall–Kier alpha value is -3.41. The second kappa shape index (κ2) is 6.88. The molecule has 29 heavy (non-hydrogen) atoms. The third-order valence-electron chi connectivity index (χ3n) is 5.76. The number of amides is 1. The van der Waals surface area contributed by atoms with E-state index in [1.807, 2.05) is 43.3 Å². The van der Waals surface area contributed by atoms with E-state index in [9.17, 15) is 9.59 Å². The molecule has 0 spiro atoms. The molecule has 1 saturated carbocycles. The predicted molar refractivity (Wildman–Crippen MR) is 111 cm³/mol. The summed E-state index contributed by atoms with van der Waals surface area (Å²) in [4.78, 5) is 29.6. The molecule has 2 aromatic heterocycles. The molecule has 3 atom stereocenters. The number of fused-ring (bicyclic) bond motifs is 3. The number of carbonyl (C=O) groups excluding carboxylic acids is 1. The molecule has 1 amide bonds. The van der Waals surface area contributed by atoms with Crippen molar-refractivity contribution in [1.82, 2.24) is 14.9 Å². The normalized spacial score (nSPS) is 19.3. The number of hydrogen-bond acceptors (Lipinski definition) is 4. The SMILES string of the molecule is CC(NC(=O)Cn1cnc2c(oc3ccccc32)c1=O)C1CC1c1ccccc1. The first kappa shape index (κ1) is 17.7. The average Bonchev–Trinajstić information content (AvgIpc) is 3.45. The zero-order valence-corrected chi connectivity index (χ0v) is 16.0. The second-order valence-corrected chi connectivity index (χ2v) is 7.73. The molecule has 5 rings (SSSR count). The smallest absolute Gasteiger partial charge is 0.297 e. The first-order valence-electron chi connectivity index (χ1n) is 9.83. The first-order chi connectivity index (χ1) is 14.1. The number of nitrogens with one attached hydrogen (secondary N) is 1. The van der Waals surface area contributed by atoms with Gasteiger partial charge in [0.1, 0.15) is 17.6 Å². The Morgan fingerprint density at radius 3 is 2.79 bits per heavy atom. The third-order valence-corrected chi connectivity index (χ3v) is 5.76. The maximum absolute atomic E-state index is 12.8. The zero-order chi connectivity index (χ0) is 20.0. The summed E-state index contributed by atoms with van der Waals surface area (Å²) in [6.45, 7) is 1.95. The van der Waals surface area contributed by atoms with Gasteiger partial charge in [-0.25, -0.2) is 4.98 Å². The minimum Gasteiger partial charge on any atom is -0.448 e. The molecule has 2 heterocycles. The summed E-state index contributed by atoms with van der Waals surface area (Å²) in [6, 6.07) is 17.8. The van der Waals surface area contributed by atoms with Gasteiger partial charge in [-0.15, -0.1) is 0 Å². The van der Waals surface area contributed by atoms with E-state index in [1.54, 1.807) is 6.07 Å². The van der Waals surface area contributed by atoms with E-state index in [-0.39, 0.29) is 29.6 Å². The minimum absolute atomic E-state index is 0.0475. The molecule has 0 bridgehead atoms. The van der Waals surface area contributed by atoms with Crippen LogP contribution in [-0.4, -0.2) is 21.5 Å². The number of carbonyl (C=O) groups is 1. The van der Waals surface area contributed by atoms with Gasteiger partial charge >= 0.3 is 0 Å². The Morgan fingerprint density at radius 1 is 1.21 bits per heavy atom. The van der Waals surface area contributed by atoms with Crippen molar-refractivity contribution in [3.63, 3.8) is 0 Å². The summed E-state index contributed by atoms with van der Waals surface area (Å²) < 4.78 is 6.97. The maximum Gasteiger partial charge on any atom is 0.297 e. The molecule has 1 N–H and O–H groups in total. The Bertz CT molecular complexity index is 1260. The summed E-state index contributed by atoms with van der Waals surface area (Å²) in [5, 5.41) is 3.83. The number of nitrogens with zero attached hydrogens (tertiary/aromatic N) is 2. The van der Waals surface area contributed by atoms with Crippen LogP contribution < -0.4 is 10.9 Å². The van der Waals surface area contributed by atoms with Crippen molar-refractivity contribution in [3.8, 4) is 0 Å². The molecule has 4 aromatic rings. The van der Waals surface area contributed by atoms with Gasteiger partial charge in [-0.3, -0.25) is 14.2 Å². The molecule has 0 radical (unpaired) electrons. The number of hydrogen-bond donors (Lipinski definition) is 1. The standard InChI is InChI=1S/C23H21N3O3/c1-14(17-11-18(17)15-7-3-2-4-8-15)25-20(27)12-26-13-24-21-16-9-5-6-10-19(16)29-22(21)23(26)28/h2-10,13-14,17-18H,11-12H2,1H3,(H,25,27). The highest BCUT2D eigenvalue weighted by atomic mass is 16.3. The van der Waals surface area contributed by atoms with Crippen LogP contribution in [0.3, 0.4) is 0 Å². The van der Waals surface area contributed by atoms with Crippen molar-refractivity contribution in [2.45, 2.75) is 31.8 Å². The van der Waals surface area contributed by atoms with Crippen LogP contribution in [0.5, 0.6) is 0 Å². The van der Waals surface area contributed by atoms with Crippen LogP contribution >= 0.6 is 0 Å². The van der Waals surface area contributed by atoms with Crippen LogP contribution in [0.15, 0.2) is 70.1 Å². The Kier molecular flexibility index (Phi) is 4.19. The summed E-state index contributed by atoms with van der Waals surface area (Å²) in [5.74, 6) is 0.715. The van der Waals surface area contributed by atoms with Gasteiger partial charge < -0.3 is 9.73 Å². The van der Waals surface area contributed by atoms with Crippen LogP contribution in [0, 0.1) is 5.92 Å². The molecule has 1 fully saturated rings. The van der Waals surface area contributed by atoms with Crippen LogP contribution in [0.1, 0.15) is 24.8 Å². The van der Waals surface area contributed by atoms with Gasteiger partial charge in [-0.1, -0.05) is 42.5 Å². The van der Waals surface area contributed by atoms with E-state index < -0.39 is 0 Å². The van der Waals surface area contributed by atoms with Crippen molar-refractivity contribution in [1.29, 1.82) is 0 Å². The summed E-state index contributed by atoms with van der Waals surface area (Å²) in [5.41, 5.74) is 2.29. The van der Waals surface area contributed by atoms with E-state index >= 15 is 0 Å². The second-order valence-electron chi connectivity index (χ2n) is 7.73. The average molecular weight is 387 g/mol. The lowest BCUT2D eigenvalue weighted by molar-refractivity contribution is -0.122. The molecule has 0 aliphatic heterocycles. The highest BCUT2D eigenvalue weighted by Crippen LogP contribution is 2.49. The van der Waals surface area contributed by atoms with Gasteiger partial charge in [0.15, 0.2) is 0 Å². The highest BCUT2D eigenvalue weighted by molar-refractivity contribution is 6.01. The Morgan fingerprint density at radius 2 is 1.97 bits per heavy atom. The third kappa shape index (κ3) is 3.20. The van der Waals surface area contributed by atoms with E-state index in [0.29, 0.717) is 22.9 Å². The van der Waals surface area contributed by atoms with Gasteiger partial charge in [-0.05, 0) is 42.9 Å². The van der Waals surface area contributed by atoms with Crippen molar-refractivity contribution in [2.24, 2.45) is 5.92 Å². The Labute approximate surface area is 167 Å². The first-order valence-corrected chi connectivity index (χ1v) is 9.83. The number of para-hydroxylation sites is 1. The molecule has 1 aliphatic rings. The fourth-order valence-electron chi connectivity index (χ4n) is 4.14. The summed E-state index contributed by atoms with van der Waals surface area (Å²) in [6.07, 6.45) is 2.48. The van der Waals surface area contributed by atoms with Crippen molar-refractivity contribution < 1.29 is 9.21 Å². The van der Waals surface area contributed by atoms with Crippen molar-refractivity contribution in [2.75, 3.05) is 0 Å². The fraction of sp³-hybridized carbons (Fsp3) is 0.261. The lowest BCUT2D eigenvalue weighted by Crippen LogP contribution is -2.38.